The minimum atomic E-state index is -0.594. The molecule has 1 aromatic carbocycles. The number of amides is 1. The molecule has 1 aliphatic rings. The average Bonchev–Trinajstić information content (AvgIpc) is 3.21. The van der Waals surface area contributed by atoms with Crippen molar-refractivity contribution in [1.82, 2.24) is 14.8 Å². The maximum absolute atomic E-state index is 12.9. The Labute approximate surface area is 188 Å². The van der Waals surface area contributed by atoms with Gasteiger partial charge in [-0.1, -0.05) is 17.7 Å². The normalized spacial score (nSPS) is 20.5. The van der Waals surface area contributed by atoms with Crippen LogP contribution in [0.4, 0.5) is 5.69 Å². The number of anilines is 1. The number of nitrogens with zero attached hydrogens (tertiary/aromatic N) is 4. The van der Waals surface area contributed by atoms with Crippen molar-refractivity contribution in [2.45, 2.75) is 51.0 Å². The number of nitriles is 1. The Kier molecular flexibility index (Phi) is 6.06. The topological polar surface area (TPSA) is 92.8 Å². The molecular weight excluding hydrogens is 402 g/mol. The lowest BCUT2D eigenvalue weighted by Gasteiger charge is -2.33. The standard InChI is InChI=1S/C25H27N5O2/c1-17-4-7-20(8-5-17)30-18(2)22(15-28-30)24(31)29-19-6-9-23(27-14-19)25(16-26)12-10-21(32-3)11-13-25/h4-9,14-15,21H,10-13H2,1-3H3,(H,29,31). The Hall–Kier alpha value is -3.50. The predicted octanol–water partition coefficient (Wildman–Crippen LogP) is 4.49. The molecule has 2 aromatic heterocycles. The summed E-state index contributed by atoms with van der Waals surface area (Å²) in [5.74, 6) is -0.244. The minimum Gasteiger partial charge on any atom is -0.381 e. The first-order chi connectivity index (χ1) is 15.5. The van der Waals surface area contributed by atoms with Crippen molar-refractivity contribution in [2.24, 2.45) is 0 Å². The van der Waals surface area contributed by atoms with Gasteiger partial charge < -0.3 is 10.1 Å². The van der Waals surface area contributed by atoms with E-state index in [0.29, 0.717) is 11.3 Å². The van der Waals surface area contributed by atoms with Crippen molar-refractivity contribution < 1.29 is 9.53 Å². The molecule has 1 N–H and O–H groups in total. The van der Waals surface area contributed by atoms with Gasteiger partial charge in [-0.2, -0.15) is 10.4 Å². The van der Waals surface area contributed by atoms with E-state index >= 15 is 0 Å². The number of benzene rings is 1. The second-order valence-electron chi connectivity index (χ2n) is 8.41. The highest BCUT2D eigenvalue weighted by Crippen LogP contribution is 2.39. The summed E-state index contributed by atoms with van der Waals surface area (Å²) in [6.45, 7) is 3.90. The Morgan fingerprint density at radius 1 is 1.16 bits per heavy atom. The predicted molar refractivity (Wildman–Crippen MR) is 122 cm³/mol. The maximum Gasteiger partial charge on any atom is 0.259 e. The molecular formula is C25H27N5O2. The number of rotatable bonds is 5. The monoisotopic (exact) mass is 429 g/mol. The lowest BCUT2D eigenvalue weighted by atomic mass is 9.72. The average molecular weight is 430 g/mol. The Morgan fingerprint density at radius 3 is 2.47 bits per heavy atom. The van der Waals surface area contributed by atoms with Crippen molar-refractivity contribution in [3.63, 3.8) is 0 Å². The van der Waals surface area contributed by atoms with Crippen LogP contribution in [0.15, 0.2) is 48.8 Å². The molecule has 164 valence electrons. The molecule has 1 fully saturated rings. The second-order valence-corrected chi connectivity index (χ2v) is 8.41. The smallest absolute Gasteiger partial charge is 0.259 e. The molecule has 4 rings (SSSR count). The third kappa shape index (κ3) is 4.14. The number of aromatic nitrogens is 3. The zero-order valence-electron chi connectivity index (χ0n) is 18.6. The summed E-state index contributed by atoms with van der Waals surface area (Å²) in [7, 11) is 1.71. The molecule has 3 aromatic rings. The van der Waals surface area contributed by atoms with E-state index in [1.807, 2.05) is 50.2 Å². The molecule has 7 heteroatoms. The summed E-state index contributed by atoms with van der Waals surface area (Å²) in [5, 5.41) is 17.1. The van der Waals surface area contributed by atoms with Crippen molar-refractivity contribution in [1.29, 1.82) is 5.26 Å². The van der Waals surface area contributed by atoms with Crippen molar-refractivity contribution in [2.75, 3.05) is 12.4 Å². The van der Waals surface area contributed by atoms with Crippen LogP contribution in [-0.2, 0) is 10.2 Å². The van der Waals surface area contributed by atoms with Crippen LogP contribution >= 0.6 is 0 Å². The molecule has 0 radical (unpaired) electrons. The highest BCUT2D eigenvalue weighted by Gasteiger charge is 2.38. The van der Waals surface area contributed by atoms with Crippen LogP contribution in [0.3, 0.4) is 0 Å². The number of pyridine rings is 1. The number of hydrogen-bond acceptors (Lipinski definition) is 5. The van der Waals surface area contributed by atoms with Gasteiger partial charge in [0.15, 0.2) is 0 Å². The fourth-order valence-corrected chi connectivity index (χ4v) is 4.27. The number of ether oxygens (including phenoxy) is 1. The molecule has 0 aliphatic heterocycles. The summed E-state index contributed by atoms with van der Waals surface area (Å²) in [5.41, 5.74) is 4.07. The zero-order valence-corrected chi connectivity index (χ0v) is 18.6. The van der Waals surface area contributed by atoms with Gasteiger partial charge >= 0.3 is 0 Å². The summed E-state index contributed by atoms with van der Waals surface area (Å²) < 4.78 is 7.18. The van der Waals surface area contributed by atoms with E-state index < -0.39 is 5.41 Å². The first-order valence-corrected chi connectivity index (χ1v) is 10.8. The first-order valence-electron chi connectivity index (χ1n) is 10.8. The van der Waals surface area contributed by atoms with E-state index in [9.17, 15) is 10.1 Å². The van der Waals surface area contributed by atoms with Gasteiger partial charge in [0.1, 0.15) is 0 Å². The van der Waals surface area contributed by atoms with Crippen LogP contribution < -0.4 is 5.32 Å². The first kappa shape index (κ1) is 21.7. The van der Waals surface area contributed by atoms with E-state index in [1.54, 1.807) is 24.2 Å². The molecule has 32 heavy (non-hydrogen) atoms. The Bertz CT molecular complexity index is 1130. The lowest BCUT2D eigenvalue weighted by molar-refractivity contribution is 0.0568. The lowest BCUT2D eigenvalue weighted by Crippen LogP contribution is -2.33. The molecule has 0 saturated heterocycles. The molecule has 1 saturated carbocycles. The molecule has 7 nitrogen and oxygen atoms in total. The van der Waals surface area contributed by atoms with E-state index in [0.717, 1.165) is 48.3 Å². The molecule has 1 amide bonds. The quantitative estimate of drug-likeness (QED) is 0.645. The van der Waals surface area contributed by atoms with Crippen LogP contribution in [-0.4, -0.2) is 33.9 Å². The van der Waals surface area contributed by atoms with Gasteiger partial charge in [-0.15, -0.1) is 0 Å². The molecule has 1 aliphatic carbocycles. The van der Waals surface area contributed by atoms with Crippen LogP contribution in [0.2, 0.25) is 0 Å². The Morgan fingerprint density at radius 2 is 1.88 bits per heavy atom. The van der Waals surface area contributed by atoms with Gasteiger partial charge in [-0.25, -0.2) is 4.68 Å². The second kappa shape index (κ2) is 8.93. The highest BCUT2D eigenvalue weighted by molar-refractivity contribution is 6.04. The van der Waals surface area contributed by atoms with Crippen LogP contribution in [0.25, 0.3) is 5.69 Å². The number of carbonyl (C=O) groups excluding carboxylic acids is 1. The van der Waals surface area contributed by atoms with E-state index in [2.05, 4.69) is 21.5 Å². The van der Waals surface area contributed by atoms with Crippen molar-refractivity contribution in [3.05, 3.63) is 71.3 Å². The Balaban J connectivity index is 1.48. The minimum absolute atomic E-state index is 0.208. The number of aryl methyl sites for hydroxylation is 1. The molecule has 0 atom stereocenters. The van der Waals surface area contributed by atoms with E-state index in [1.165, 1.54) is 0 Å². The maximum atomic E-state index is 12.9. The van der Waals surface area contributed by atoms with Gasteiger partial charge in [-0.3, -0.25) is 9.78 Å². The fraction of sp³-hybridized carbons (Fsp3) is 0.360. The van der Waals surface area contributed by atoms with Crippen LogP contribution in [0.1, 0.15) is 53.0 Å². The van der Waals surface area contributed by atoms with E-state index in [-0.39, 0.29) is 12.0 Å². The van der Waals surface area contributed by atoms with Gasteiger partial charge in [0.05, 0.1) is 58.3 Å². The number of nitrogens with one attached hydrogen (secondary N) is 1. The van der Waals surface area contributed by atoms with Gasteiger partial charge in [0, 0.05) is 7.11 Å². The summed E-state index contributed by atoms with van der Waals surface area (Å²) >= 11 is 0. The number of hydrogen-bond donors (Lipinski definition) is 1. The van der Waals surface area contributed by atoms with E-state index in [4.69, 9.17) is 4.74 Å². The number of methoxy groups -OCH3 is 1. The molecule has 0 bridgehead atoms. The summed E-state index contributed by atoms with van der Waals surface area (Å²) in [6.07, 6.45) is 6.53. The van der Waals surface area contributed by atoms with Gasteiger partial charge in [-0.05, 0) is 63.8 Å². The molecule has 2 heterocycles. The third-order valence-electron chi connectivity index (χ3n) is 6.38. The van der Waals surface area contributed by atoms with Crippen molar-refractivity contribution in [3.8, 4) is 11.8 Å². The SMILES string of the molecule is COC1CCC(C#N)(c2ccc(NC(=O)c3cnn(-c4ccc(C)cc4)c3C)cn2)CC1. The summed E-state index contributed by atoms with van der Waals surface area (Å²) in [6, 6.07) is 14.1. The van der Waals surface area contributed by atoms with Crippen LogP contribution in [0.5, 0.6) is 0 Å². The van der Waals surface area contributed by atoms with Gasteiger partial charge in [0.2, 0.25) is 0 Å². The molecule has 0 unspecified atom stereocenters. The zero-order chi connectivity index (χ0) is 22.7. The molecule has 0 spiro atoms. The third-order valence-corrected chi connectivity index (χ3v) is 6.38. The number of carbonyl (C=O) groups is 1. The summed E-state index contributed by atoms with van der Waals surface area (Å²) in [4.78, 5) is 17.4. The van der Waals surface area contributed by atoms with Crippen molar-refractivity contribution >= 4 is 11.6 Å². The van der Waals surface area contributed by atoms with Gasteiger partial charge in [0.25, 0.3) is 5.91 Å². The largest absolute Gasteiger partial charge is 0.381 e. The van der Waals surface area contributed by atoms with Crippen LogP contribution in [0, 0.1) is 25.2 Å². The highest BCUT2D eigenvalue weighted by atomic mass is 16.5. The fourth-order valence-electron chi connectivity index (χ4n) is 4.27.